The summed E-state index contributed by atoms with van der Waals surface area (Å²) in [4.78, 5) is 12.5. The van der Waals surface area contributed by atoms with E-state index in [-0.39, 0.29) is 24.4 Å². The standard InChI is InChI=1S/C18H15F3N2O4/c19-18(20,21)27-14-4-2-1-3-9(14)10-5-11(10)17(24)23-13-7-16-15(6-12(13)22)25-8-26-16/h1-4,6-7,10-11H,5,8,22H2,(H,23,24). The number of nitrogens with one attached hydrogen (secondary N) is 1. The molecule has 1 aliphatic heterocycles. The van der Waals surface area contributed by atoms with E-state index in [4.69, 9.17) is 15.2 Å². The van der Waals surface area contributed by atoms with E-state index >= 15 is 0 Å². The van der Waals surface area contributed by atoms with E-state index in [0.29, 0.717) is 34.9 Å². The molecule has 1 amide bonds. The first-order valence-corrected chi connectivity index (χ1v) is 8.16. The fourth-order valence-corrected chi connectivity index (χ4v) is 3.12. The maximum absolute atomic E-state index is 12.6. The van der Waals surface area contributed by atoms with Crippen molar-refractivity contribution < 1.29 is 32.2 Å². The predicted molar refractivity (Wildman–Crippen MR) is 89.6 cm³/mol. The largest absolute Gasteiger partial charge is 0.573 e. The minimum Gasteiger partial charge on any atom is -0.454 e. The normalized spacial score (nSPS) is 20.3. The first-order chi connectivity index (χ1) is 12.8. The third-order valence-electron chi connectivity index (χ3n) is 4.47. The zero-order valence-electron chi connectivity index (χ0n) is 13.9. The number of rotatable bonds is 4. The molecule has 0 aromatic heterocycles. The van der Waals surface area contributed by atoms with Crippen molar-refractivity contribution in [2.24, 2.45) is 5.92 Å². The van der Waals surface area contributed by atoms with Crippen molar-refractivity contribution in [2.45, 2.75) is 18.7 Å². The first-order valence-electron chi connectivity index (χ1n) is 8.16. The lowest BCUT2D eigenvalue weighted by atomic mass is 10.1. The average molecular weight is 380 g/mol. The van der Waals surface area contributed by atoms with Gasteiger partial charge in [0.25, 0.3) is 0 Å². The van der Waals surface area contributed by atoms with Gasteiger partial charge in [-0.05, 0) is 24.0 Å². The third-order valence-corrected chi connectivity index (χ3v) is 4.47. The molecule has 1 fully saturated rings. The van der Waals surface area contributed by atoms with Gasteiger partial charge in [-0.2, -0.15) is 0 Å². The monoisotopic (exact) mass is 380 g/mol. The minimum absolute atomic E-state index is 0.0763. The highest BCUT2D eigenvalue weighted by molar-refractivity contribution is 5.98. The van der Waals surface area contributed by atoms with E-state index in [0.717, 1.165) is 0 Å². The molecule has 0 bridgehead atoms. The molecule has 2 aromatic carbocycles. The van der Waals surface area contributed by atoms with E-state index in [2.05, 4.69) is 10.1 Å². The average Bonchev–Trinajstić information content (AvgIpc) is 3.26. The molecule has 142 valence electrons. The molecular weight excluding hydrogens is 365 g/mol. The number of benzene rings is 2. The summed E-state index contributed by atoms with van der Waals surface area (Å²) in [6, 6.07) is 8.96. The van der Waals surface area contributed by atoms with E-state index in [1.165, 1.54) is 18.2 Å². The number of fused-ring (bicyclic) bond motifs is 1. The highest BCUT2D eigenvalue weighted by Crippen LogP contribution is 2.51. The van der Waals surface area contributed by atoms with Crippen LogP contribution in [0.5, 0.6) is 17.2 Å². The Morgan fingerprint density at radius 1 is 1.19 bits per heavy atom. The zero-order valence-corrected chi connectivity index (χ0v) is 13.9. The smallest absolute Gasteiger partial charge is 0.454 e. The molecule has 1 aliphatic carbocycles. The van der Waals surface area contributed by atoms with Gasteiger partial charge in [0.15, 0.2) is 11.5 Å². The van der Waals surface area contributed by atoms with Crippen molar-refractivity contribution in [3.8, 4) is 17.2 Å². The van der Waals surface area contributed by atoms with Crippen molar-refractivity contribution in [3.05, 3.63) is 42.0 Å². The van der Waals surface area contributed by atoms with Crippen molar-refractivity contribution >= 4 is 17.3 Å². The molecule has 2 aliphatic rings. The topological polar surface area (TPSA) is 82.8 Å². The number of amides is 1. The molecule has 0 spiro atoms. The second-order valence-corrected chi connectivity index (χ2v) is 6.32. The second-order valence-electron chi connectivity index (χ2n) is 6.32. The van der Waals surface area contributed by atoms with Crippen LogP contribution >= 0.6 is 0 Å². The van der Waals surface area contributed by atoms with Crippen LogP contribution in [-0.4, -0.2) is 19.1 Å². The Labute approximate surface area is 152 Å². The summed E-state index contributed by atoms with van der Waals surface area (Å²) in [5.74, 6) is -0.462. The van der Waals surface area contributed by atoms with Crippen molar-refractivity contribution in [3.63, 3.8) is 0 Å². The molecule has 9 heteroatoms. The summed E-state index contributed by atoms with van der Waals surface area (Å²) in [6.45, 7) is 0.0763. The van der Waals surface area contributed by atoms with Crippen LogP contribution in [0, 0.1) is 5.92 Å². The van der Waals surface area contributed by atoms with Gasteiger partial charge in [0.2, 0.25) is 12.7 Å². The number of nitrogens with two attached hydrogens (primary N) is 1. The molecule has 2 unspecified atom stereocenters. The lowest BCUT2D eigenvalue weighted by Gasteiger charge is -2.13. The van der Waals surface area contributed by atoms with Gasteiger partial charge in [0.05, 0.1) is 11.4 Å². The van der Waals surface area contributed by atoms with Gasteiger partial charge in [0.1, 0.15) is 5.75 Å². The van der Waals surface area contributed by atoms with Crippen LogP contribution in [0.1, 0.15) is 17.9 Å². The van der Waals surface area contributed by atoms with Crippen LogP contribution in [0.4, 0.5) is 24.5 Å². The minimum atomic E-state index is -4.79. The number of halogens is 3. The lowest BCUT2D eigenvalue weighted by molar-refractivity contribution is -0.274. The van der Waals surface area contributed by atoms with Crippen molar-refractivity contribution in [2.75, 3.05) is 17.8 Å². The summed E-state index contributed by atoms with van der Waals surface area (Å²) in [7, 11) is 0. The Kier molecular flexibility index (Phi) is 4.01. The lowest BCUT2D eigenvalue weighted by Crippen LogP contribution is -2.18. The van der Waals surface area contributed by atoms with Crippen LogP contribution in [0.25, 0.3) is 0 Å². The summed E-state index contributed by atoms with van der Waals surface area (Å²) in [5, 5.41) is 2.71. The van der Waals surface area contributed by atoms with Crippen LogP contribution in [0.3, 0.4) is 0 Å². The van der Waals surface area contributed by atoms with E-state index in [9.17, 15) is 18.0 Å². The van der Waals surface area contributed by atoms with Gasteiger partial charge < -0.3 is 25.3 Å². The van der Waals surface area contributed by atoms with Gasteiger partial charge in [-0.3, -0.25) is 4.79 Å². The number of para-hydroxylation sites is 1. The molecule has 4 rings (SSSR count). The predicted octanol–water partition coefficient (Wildman–Crippen LogP) is 3.64. The van der Waals surface area contributed by atoms with Gasteiger partial charge in [-0.1, -0.05) is 18.2 Å². The van der Waals surface area contributed by atoms with Gasteiger partial charge >= 0.3 is 6.36 Å². The number of hydrogen-bond donors (Lipinski definition) is 2. The van der Waals surface area contributed by atoms with E-state index < -0.39 is 12.3 Å². The summed E-state index contributed by atoms with van der Waals surface area (Å²) in [5.41, 5.74) is 6.94. The van der Waals surface area contributed by atoms with Crippen molar-refractivity contribution in [1.29, 1.82) is 0 Å². The quantitative estimate of drug-likeness (QED) is 0.792. The molecule has 1 heterocycles. The molecule has 0 saturated heterocycles. The Hall–Kier alpha value is -3.10. The van der Waals surface area contributed by atoms with Crippen LogP contribution in [0.2, 0.25) is 0 Å². The van der Waals surface area contributed by atoms with Gasteiger partial charge in [-0.25, -0.2) is 0 Å². The van der Waals surface area contributed by atoms with Gasteiger partial charge in [-0.15, -0.1) is 13.2 Å². The Morgan fingerprint density at radius 2 is 1.89 bits per heavy atom. The summed E-state index contributed by atoms with van der Waals surface area (Å²) < 4.78 is 52.2. The van der Waals surface area contributed by atoms with Crippen LogP contribution in [-0.2, 0) is 4.79 Å². The maximum Gasteiger partial charge on any atom is 0.573 e. The number of alkyl halides is 3. The Morgan fingerprint density at radius 3 is 2.63 bits per heavy atom. The summed E-state index contributed by atoms with van der Waals surface area (Å²) in [6.07, 6.45) is -4.36. The SMILES string of the molecule is Nc1cc2c(cc1NC(=O)C1CC1c1ccccc1OC(F)(F)F)OCO2. The first kappa shape index (κ1) is 17.3. The Bertz CT molecular complexity index is 901. The van der Waals surface area contributed by atoms with Gasteiger partial charge in [0, 0.05) is 18.1 Å². The molecule has 3 N–H and O–H groups in total. The molecule has 2 aromatic rings. The number of carbonyl (C=O) groups is 1. The van der Waals surface area contributed by atoms with Crippen LogP contribution in [0.15, 0.2) is 36.4 Å². The molecule has 0 radical (unpaired) electrons. The molecule has 27 heavy (non-hydrogen) atoms. The van der Waals surface area contributed by atoms with E-state index in [1.807, 2.05) is 0 Å². The highest BCUT2D eigenvalue weighted by Gasteiger charge is 2.46. The second kappa shape index (κ2) is 6.26. The van der Waals surface area contributed by atoms with E-state index in [1.54, 1.807) is 18.2 Å². The molecule has 2 atom stereocenters. The summed E-state index contributed by atoms with van der Waals surface area (Å²) >= 11 is 0. The zero-order chi connectivity index (χ0) is 19.2. The number of carbonyl (C=O) groups excluding carboxylic acids is 1. The number of hydrogen-bond acceptors (Lipinski definition) is 5. The maximum atomic E-state index is 12.6. The molecular formula is C18H15F3N2O4. The van der Waals surface area contributed by atoms with Crippen LogP contribution < -0.4 is 25.3 Å². The molecule has 1 saturated carbocycles. The fraction of sp³-hybridized carbons (Fsp3) is 0.278. The molecule has 6 nitrogen and oxygen atoms in total. The van der Waals surface area contributed by atoms with Crippen molar-refractivity contribution in [1.82, 2.24) is 0 Å². The Balaban J connectivity index is 1.48. The number of ether oxygens (including phenoxy) is 3. The fourth-order valence-electron chi connectivity index (χ4n) is 3.12. The number of nitrogen functional groups attached to an aromatic ring is 1. The highest BCUT2D eigenvalue weighted by atomic mass is 19.4. The third kappa shape index (κ3) is 3.57. The number of anilines is 2.